The van der Waals surface area contributed by atoms with Crippen molar-refractivity contribution in [2.24, 2.45) is 5.73 Å². The average molecular weight is 285 g/mol. The van der Waals surface area contributed by atoms with Crippen molar-refractivity contribution in [3.8, 4) is 0 Å². The Kier molecular flexibility index (Phi) is 2.85. The topological polar surface area (TPSA) is 75.7 Å². The normalized spacial score (nSPS) is 19.1. The van der Waals surface area contributed by atoms with Crippen molar-refractivity contribution in [2.45, 2.75) is 25.3 Å². The third-order valence-electron chi connectivity index (χ3n) is 4.24. The van der Waals surface area contributed by atoms with Crippen LogP contribution in [0.25, 0.3) is 5.65 Å². The minimum absolute atomic E-state index is 0.0711. The molecule has 0 spiro atoms. The SMILES string of the molecule is NCc1cn2cc(C3CC3)cc(N3CCNC(=O)C3)c2n1. The van der Waals surface area contributed by atoms with E-state index in [0.717, 1.165) is 23.6 Å². The first-order chi connectivity index (χ1) is 10.2. The van der Waals surface area contributed by atoms with Crippen LogP contribution in [0.1, 0.15) is 30.0 Å². The molecule has 2 fully saturated rings. The van der Waals surface area contributed by atoms with Gasteiger partial charge in [0.05, 0.1) is 17.9 Å². The molecule has 4 rings (SSSR count). The summed E-state index contributed by atoms with van der Waals surface area (Å²) in [5, 5.41) is 2.87. The number of nitrogens with one attached hydrogen (secondary N) is 1. The maximum Gasteiger partial charge on any atom is 0.239 e. The molecule has 6 heteroatoms. The number of nitrogens with two attached hydrogens (primary N) is 1. The Morgan fingerprint density at radius 1 is 1.38 bits per heavy atom. The van der Waals surface area contributed by atoms with Gasteiger partial charge in [-0.2, -0.15) is 0 Å². The fraction of sp³-hybridized carbons (Fsp3) is 0.467. The molecule has 2 aromatic heterocycles. The number of pyridine rings is 1. The molecule has 0 radical (unpaired) electrons. The van der Waals surface area contributed by atoms with E-state index >= 15 is 0 Å². The monoisotopic (exact) mass is 285 g/mol. The van der Waals surface area contributed by atoms with Gasteiger partial charge < -0.3 is 20.4 Å². The number of amides is 1. The molecule has 110 valence electrons. The number of imidazole rings is 1. The minimum Gasteiger partial charge on any atom is -0.357 e. The summed E-state index contributed by atoms with van der Waals surface area (Å²) in [5.41, 5.74) is 9.89. The van der Waals surface area contributed by atoms with Crippen molar-refractivity contribution in [3.05, 3.63) is 29.7 Å². The lowest BCUT2D eigenvalue weighted by Gasteiger charge is -2.29. The van der Waals surface area contributed by atoms with Gasteiger partial charge in [0.2, 0.25) is 5.91 Å². The molecule has 1 saturated carbocycles. The Morgan fingerprint density at radius 2 is 2.24 bits per heavy atom. The van der Waals surface area contributed by atoms with Crippen molar-refractivity contribution >= 4 is 17.2 Å². The average Bonchev–Trinajstić information content (AvgIpc) is 3.25. The van der Waals surface area contributed by atoms with Crippen LogP contribution in [0.4, 0.5) is 5.69 Å². The van der Waals surface area contributed by atoms with Crippen molar-refractivity contribution in [1.29, 1.82) is 0 Å². The fourth-order valence-corrected chi connectivity index (χ4v) is 2.97. The molecule has 6 nitrogen and oxygen atoms in total. The van der Waals surface area contributed by atoms with Crippen LogP contribution in [-0.2, 0) is 11.3 Å². The van der Waals surface area contributed by atoms with Crippen LogP contribution in [-0.4, -0.2) is 34.9 Å². The highest BCUT2D eigenvalue weighted by molar-refractivity contribution is 5.85. The first-order valence-electron chi connectivity index (χ1n) is 7.48. The van der Waals surface area contributed by atoms with E-state index in [-0.39, 0.29) is 5.91 Å². The molecular formula is C15H19N5O. The standard InChI is InChI=1S/C15H19N5O/c16-6-12-8-20-7-11(10-1-2-10)5-13(15(20)18-12)19-4-3-17-14(21)9-19/h5,7-8,10H,1-4,6,9,16H2,(H,17,21). The predicted molar refractivity (Wildman–Crippen MR) is 80.3 cm³/mol. The molecule has 1 amide bonds. The summed E-state index contributed by atoms with van der Waals surface area (Å²) < 4.78 is 2.07. The number of carbonyl (C=O) groups is 1. The summed E-state index contributed by atoms with van der Waals surface area (Å²) in [4.78, 5) is 18.4. The van der Waals surface area contributed by atoms with Crippen molar-refractivity contribution in [2.75, 3.05) is 24.5 Å². The summed E-state index contributed by atoms with van der Waals surface area (Å²) >= 11 is 0. The number of piperazine rings is 1. The van der Waals surface area contributed by atoms with Gasteiger partial charge in [-0.15, -0.1) is 0 Å². The maximum absolute atomic E-state index is 11.7. The van der Waals surface area contributed by atoms with E-state index in [1.165, 1.54) is 18.4 Å². The summed E-state index contributed by atoms with van der Waals surface area (Å²) in [6.45, 7) is 2.33. The summed E-state index contributed by atoms with van der Waals surface area (Å²) in [5.74, 6) is 0.734. The lowest BCUT2D eigenvalue weighted by molar-refractivity contribution is -0.120. The summed E-state index contributed by atoms with van der Waals surface area (Å²) in [6.07, 6.45) is 6.66. The number of aromatic nitrogens is 2. The van der Waals surface area contributed by atoms with Gasteiger partial charge in [-0.3, -0.25) is 4.79 Å². The van der Waals surface area contributed by atoms with Crippen LogP contribution in [0.3, 0.4) is 0 Å². The van der Waals surface area contributed by atoms with E-state index in [0.29, 0.717) is 25.6 Å². The maximum atomic E-state index is 11.7. The highest BCUT2D eigenvalue weighted by Crippen LogP contribution is 2.41. The second kappa shape index (κ2) is 4.73. The smallest absolute Gasteiger partial charge is 0.239 e. The van der Waals surface area contributed by atoms with Crippen LogP contribution in [0.2, 0.25) is 0 Å². The second-order valence-corrected chi connectivity index (χ2v) is 5.87. The zero-order valence-corrected chi connectivity index (χ0v) is 11.9. The molecule has 1 aliphatic carbocycles. The largest absolute Gasteiger partial charge is 0.357 e. The zero-order valence-electron chi connectivity index (χ0n) is 11.9. The lowest BCUT2D eigenvalue weighted by atomic mass is 10.1. The van der Waals surface area contributed by atoms with E-state index in [9.17, 15) is 4.79 Å². The number of nitrogens with zero attached hydrogens (tertiary/aromatic N) is 3. The van der Waals surface area contributed by atoms with Crippen LogP contribution >= 0.6 is 0 Å². The number of rotatable bonds is 3. The van der Waals surface area contributed by atoms with E-state index in [1.54, 1.807) is 0 Å². The summed E-state index contributed by atoms with van der Waals surface area (Å²) in [6, 6.07) is 2.21. The number of carbonyl (C=O) groups excluding carboxylic acids is 1. The number of anilines is 1. The Labute approximate surface area is 122 Å². The van der Waals surface area contributed by atoms with Gasteiger partial charge in [-0.05, 0) is 30.4 Å². The molecule has 3 N–H and O–H groups in total. The number of hydrogen-bond acceptors (Lipinski definition) is 4. The van der Waals surface area contributed by atoms with Gasteiger partial charge in [0, 0.05) is 32.0 Å². The van der Waals surface area contributed by atoms with Crippen LogP contribution in [0, 0.1) is 0 Å². The fourth-order valence-electron chi connectivity index (χ4n) is 2.97. The van der Waals surface area contributed by atoms with Gasteiger partial charge in [-0.25, -0.2) is 4.98 Å². The van der Waals surface area contributed by atoms with E-state index in [1.807, 2.05) is 6.20 Å². The van der Waals surface area contributed by atoms with Crippen LogP contribution in [0.5, 0.6) is 0 Å². The molecule has 0 aromatic carbocycles. The number of hydrogen-bond donors (Lipinski definition) is 2. The molecule has 0 unspecified atom stereocenters. The molecule has 0 atom stereocenters. The van der Waals surface area contributed by atoms with Crippen LogP contribution < -0.4 is 16.0 Å². The highest BCUT2D eigenvalue weighted by Gasteiger charge is 2.27. The van der Waals surface area contributed by atoms with Gasteiger partial charge in [0.1, 0.15) is 0 Å². The first kappa shape index (κ1) is 12.6. The van der Waals surface area contributed by atoms with E-state index in [2.05, 4.69) is 31.9 Å². The van der Waals surface area contributed by atoms with Gasteiger partial charge in [-0.1, -0.05) is 0 Å². The Morgan fingerprint density at radius 3 is 2.95 bits per heavy atom. The molecule has 0 bridgehead atoms. The van der Waals surface area contributed by atoms with Gasteiger partial charge in [0.25, 0.3) is 0 Å². The Balaban J connectivity index is 1.83. The third kappa shape index (κ3) is 2.25. The third-order valence-corrected chi connectivity index (χ3v) is 4.24. The second-order valence-electron chi connectivity index (χ2n) is 5.87. The molecule has 2 aromatic rings. The molecule has 3 heterocycles. The highest BCUT2D eigenvalue weighted by atomic mass is 16.2. The van der Waals surface area contributed by atoms with Crippen molar-refractivity contribution < 1.29 is 4.79 Å². The molecular weight excluding hydrogens is 266 g/mol. The molecule has 2 aliphatic rings. The summed E-state index contributed by atoms with van der Waals surface area (Å²) in [7, 11) is 0. The minimum atomic E-state index is 0.0711. The zero-order chi connectivity index (χ0) is 14.4. The van der Waals surface area contributed by atoms with E-state index in [4.69, 9.17) is 5.73 Å². The quantitative estimate of drug-likeness (QED) is 0.866. The van der Waals surface area contributed by atoms with Crippen molar-refractivity contribution in [1.82, 2.24) is 14.7 Å². The van der Waals surface area contributed by atoms with Crippen LogP contribution in [0.15, 0.2) is 18.5 Å². The molecule has 1 saturated heterocycles. The van der Waals surface area contributed by atoms with Gasteiger partial charge >= 0.3 is 0 Å². The predicted octanol–water partition coefficient (Wildman–Crippen LogP) is 0.607. The van der Waals surface area contributed by atoms with E-state index < -0.39 is 0 Å². The van der Waals surface area contributed by atoms with Gasteiger partial charge in [0.15, 0.2) is 5.65 Å². The molecule has 1 aliphatic heterocycles. The Hall–Kier alpha value is -2.08. The van der Waals surface area contributed by atoms with Crippen molar-refractivity contribution in [3.63, 3.8) is 0 Å². The first-order valence-corrected chi connectivity index (χ1v) is 7.48. The lowest BCUT2D eigenvalue weighted by Crippen LogP contribution is -2.47. The molecule has 21 heavy (non-hydrogen) atoms. The number of fused-ring (bicyclic) bond motifs is 1. The Bertz CT molecular complexity index is 703.